The van der Waals surface area contributed by atoms with E-state index in [0.29, 0.717) is 24.2 Å². The van der Waals surface area contributed by atoms with Gasteiger partial charge in [0.1, 0.15) is 5.82 Å². The third kappa shape index (κ3) is 4.83. The molecule has 0 aliphatic carbocycles. The first-order chi connectivity index (χ1) is 13.9. The van der Waals surface area contributed by atoms with Crippen molar-refractivity contribution in [3.05, 3.63) is 36.0 Å². The third-order valence-corrected chi connectivity index (χ3v) is 6.08. The minimum Gasteiger partial charge on any atom is -0.342 e. The van der Waals surface area contributed by atoms with Crippen molar-refractivity contribution >= 4 is 5.91 Å². The second kappa shape index (κ2) is 8.22. The predicted octanol–water partition coefficient (Wildman–Crippen LogP) is 3.74. The second-order valence-corrected chi connectivity index (χ2v) is 9.10. The molecule has 2 fully saturated rings. The first-order valence-corrected chi connectivity index (χ1v) is 10.5. The summed E-state index contributed by atoms with van der Waals surface area (Å²) in [6.07, 6.45) is 4.04. The molecule has 4 rings (SSSR count). The number of benzene rings is 1. The number of carbonyl (C=O) groups excluding carboxylic acids is 1. The summed E-state index contributed by atoms with van der Waals surface area (Å²) in [5.41, 5.74) is 0.963. The average molecular weight is 400 g/mol. The lowest BCUT2D eigenvalue weighted by Gasteiger charge is -2.41. The fraction of sp³-hybridized carbons (Fsp3) is 0.591. The quantitative estimate of drug-likeness (QED) is 0.782. The fourth-order valence-electron chi connectivity index (χ4n) is 4.43. The SMILES string of the molecule is CC1(C)CCCN(C(=O)C2CCN(Cc3nc(-c4ccc(F)cc4)no3)CC2)C1. The zero-order chi connectivity index (χ0) is 20.4. The minimum atomic E-state index is -0.289. The third-order valence-electron chi connectivity index (χ3n) is 6.08. The van der Waals surface area contributed by atoms with E-state index in [1.54, 1.807) is 12.1 Å². The largest absolute Gasteiger partial charge is 0.342 e. The van der Waals surface area contributed by atoms with Gasteiger partial charge in [0.05, 0.1) is 6.54 Å². The molecule has 29 heavy (non-hydrogen) atoms. The van der Waals surface area contributed by atoms with E-state index < -0.39 is 0 Å². The molecular formula is C22H29FN4O2. The van der Waals surface area contributed by atoms with Crippen LogP contribution < -0.4 is 0 Å². The Morgan fingerprint density at radius 2 is 1.93 bits per heavy atom. The molecule has 1 aromatic carbocycles. The maximum atomic E-state index is 13.1. The topological polar surface area (TPSA) is 62.5 Å². The second-order valence-electron chi connectivity index (χ2n) is 9.10. The van der Waals surface area contributed by atoms with Crippen molar-refractivity contribution in [2.24, 2.45) is 11.3 Å². The molecule has 2 aliphatic heterocycles. The highest BCUT2D eigenvalue weighted by Gasteiger charge is 2.34. The van der Waals surface area contributed by atoms with Gasteiger partial charge in [-0.05, 0) is 68.5 Å². The van der Waals surface area contributed by atoms with E-state index in [9.17, 15) is 9.18 Å². The molecule has 0 radical (unpaired) electrons. The maximum absolute atomic E-state index is 13.1. The van der Waals surface area contributed by atoms with Gasteiger partial charge in [-0.15, -0.1) is 0 Å². The van der Waals surface area contributed by atoms with E-state index in [0.717, 1.165) is 51.0 Å². The van der Waals surface area contributed by atoms with Gasteiger partial charge in [-0.2, -0.15) is 4.98 Å². The molecule has 2 aliphatic rings. The van der Waals surface area contributed by atoms with Gasteiger partial charge in [-0.3, -0.25) is 9.69 Å². The number of piperidine rings is 2. The number of halogens is 1. The number of hydrogen-bond acceptors (Lipinski definition) is 5. The molecule has 3 heterocycles. The van der Waals surface area contributed by atoms with Crippen LogP contribution >= 0.6 is 0 Å². The number of nitrogens with zero attached hydrogens (tertiary/aromatic N) is 4. The molecule has 2 saturated heterocycles. The zero-order valence-electron chi connectivity index (χ0n) is 17.2. The molecule has 2 aromatic rings. The van der Waals surface area contributed by atoms with Gasteiger partial charge in [0.25, 0.3) is 0 Å². The zero-order valence-corrected chi connectivity index (χ0v) is 17.2. The van der Waals surface area contributed by atoms with Crippen molar-refractivity contribution < 1.29 is 13.7 Å². The molecule has 0 spiro atoms. The summed E-state index contributed by atoms with van der Waals surface area (Å²) in [4.78, 5) is 21.7. The Morgan fingerprint density at radius 1 is 1.21 bits per heavy atom. The lowest BCUT2D eigenvalue weighted by molar-refractivity contribution is -0.140. The van der Waals surface area contributed by atoms with E-state index >= 15 is 0 Å². The molecule has 0 atom stereocenters. The summed E-state index contributed by atoms with van der Waals surface area (Å²) in [6.45, 7) is 8.55. The molecule has 0 N–H and O–H groups in total. The summed E-state index contributed by atoms with van der Waals surface area (Å²) >= 11 is 0. The van der Waals surface area contributed by atoms with Crippen LogP contribution in [0.2, 0.25) is 0 Å². The Hall–Kier alpha value is -2.28. The van der Waals surface area contributed by atoms with Gasteiger partial charge in [0.15, 0.2) is 0 Å². The molecule has 0 saturated carbocycles. The lowest BCUT2D eigenvalue weighted by atomic mass is 9.83. The van der Waals surface area contributed by atoms with Crippen LogP contribution in [0.15, 0.2) is 28.8 Å². The summed E-state index contributed by atoms with van der Waals surface area (Å²) in [7, 11) is 0. The number of hydrogen-bond donors (Lipinski definition) is 0. The molecule has 1 aromatic heterocycles. The number of carbonyl (C=O) groups is 1. The van der Waals surface area contributed by atoms with Crippen molar-refractivity contribution in [1.82, 2.24) is 19.9 Å². The van der Waals surface area contributed by atoms with E-state index in [1.807, 2.05) is 0 Å². The van der Waals surface area contributed by atoms with Crippen LogP contribution in [0.4, 0.5) is 4.39 Å². The monoisotopic (exact) mass is 400 g/mol. The highest BCUT2D eigenvalue weighted by Crippen LogP contribution is 2.31. The molecule has 0 unspecified atom stereocenters. The summed E-state index contributed by atoms with van der Waals surface area (Å²) < 4.78 is 18.4. The Morgan fingerprint density at radius 3 is 2.62 bits per heavy atom. The van der Waals surface area contributed by atoms with Gasteiger partial charge in [-0.25, -0.2) is 4.39 Å². The van der Waals surface area contributed by atoms with Crippen LogP contribution in [0.25, 0.3) is 11.4 Å². The van der Waals surface area contributed by atoms with Crippen LogP contribution in [-0.2, 0) is 11.3 Å². The van der Waals surface area contributed by atoms with Gasteiger partial charge in [0.2, 0.25) is 17.6 Å². The van der Waals surface area contributed by atoms with Crippen molar-refractivity contribution in [2.45, 2.75) is 46.1 Å². The Labute approximate surface area is 171 Å². The van der Waals surface area contributed by atoms with Crippen molar-refractivity contribution in [1.29, 1.82) is 0 Å². The van der Waals surface area contributed by atoms with Crippen LogP contribution in [0.5, 0.6) is 0 Å². The van der Waals surface area contributed by atoms with Gasteiger partial charge >= 0.3 is 0 Å². The van der Waals surface area contributed by atoms with Crippen LogP contribution in [0.1, 0.15) is 45.4 Å². The van der Waals surface area contributed by atoms with Crippen LogP contribution in [-0.4, -0.2) is 52.0 Å². The normalized spacial score (nSPS) is 20.7. The van der Waals surface area contributed by atoms with Crippen molar-refractivity contribution in [3.63, 3.8) is 0 Å². The lowest BCUT2D eigenvalue weighted by Crippen LogP contribution is -2.48. The number of amides is 1. The smallest absolute Gasteiger partial charge is 0.241 e. The molecule has 0 bridgehead atoms. The standard InChI is InChI=1S/C22H29FN4O2/c1-22(2)10-3-11-27(15-22)21(28)17-8-12-26(13-9-17)14-19-24-20(25-29-19)16-4-6-18(23)7-5-16/h4-7,17H,3,8-15H2,1-2H3. The average Bonchev–Trinajstić information content (AvgIpc) is 3.16. The minimum absolute atomic E-state index is 0.123. The Balaban J connectivity index is 1.29. The molecular weight excluding hydrogens is 371 g/mol. The fourth-order valence-corrected chi connectivity index (χ4v) is 4.43. The first-order valence-electron chi connectivity index (χ1n) is 10.5. The molecule has 1 amide bonds. The van der Waals surface area contributed by atoms with E-state index in [-0.39, 0.29) is 17.2 Å². The Bertz CT molecular complexity index is 841. The summed E-state index contributed by atoms with van der Waals surface area (Å²) in [6, 6.07) is 6.05. The number of likely N-dealkylation sites (tertiary alicyclic amines) is 2. The number of rotatable bonds is 4. The molecule has 156 valence electrons. The first kappa shape index (κ1) is 20.0. The van der Waals surface area contributed by atoms with Gasteiger partial charge < -0.3 is 9.42 Å². The highest BCUT2D eigenvalue weighted by molar-refractivity contribution is 5.79. The van der Waals surface area contributed by atoms with E-state index in [2.05, 4.69) is 33.8 Å². The van der Waals surface area contributed by atoms with Crippen LogP contribution in [0, 0.1) is 17.2 Å². The van der Waals surface area contributed by atoms with Crippen molar-refractivity contribution in [2.75, 3.05) is 26.2 Å². The maximum Gasteiger partial charge on any atom is 0.241 e. The van der Waals surface area contributed by atoms with Crippen molar-refractivity contribution in [3.8, 4) is 11.4 Å². The highest BCUT2D eigenvalue weighted by atomic mass is 19.1. The predicted molar refractivity (Wildman–Crippen MR) is 107 cm³/mol. The number of aromatic nitrogens is 2. The van der Waals surface area contributed by atoms with Gasteiger partial charge in [0, 0.05) is 24.6 Å². The van der Waals surface area contributed by atoms with E-state index in [4.69, 9.17) is 4.52 Å². The summed E-state index contributed by atoms with van der Waals surface area (Å²) in [5.74, 6) is 1.18. The van der Waals surface area contributed by atoms with E-state index in [1.165, 1.54) is 18.6 Å². The van der Waals surface area contributed by atoms with Crippen LogP contribution in [0.3, 0.4) is 0 Å². The summed E-state index contributed by atoms with van der Waals surface area (Å²) in [5, 5.41) is 4.00. The molecule has 7 heteroatoms. The van der Waals surface area contributed by atoms with Gasteiger partial charge in [-0.1, -0.05) is 19.0 Å². The molecule has 6 nitrogen and oxygen atoms in total. The Kier molecular flexibility index (Phi) is 5.67.